The molecule has 2 aromatic rings. The number of fused-ring (bicyclic) bond motifs is 1. The molecular formula is C28H32N6. The normalized spacial score (nSPS) is 22.6. The molecule has 1 saturated carbocycles. The minimum atomic E-state index is -0.471. The van der Waals surface area contributed by atoms with Gasteiger partial charge in [-0.15, -0.1) is 6.42 Å². The van der Waals surface area contributed by atoms with E-state index in [0.717, 1.165) is 58.9 Å². The van der Waals surface area contributed by atoms with Gasteiger partial charge in [0.05, 0.1) is 23.6 Å². The average molecular weight is 453 g/mol. The van der Waals surface area contributed by atoms with Crippen LogP contribution in [0.3, 0.4) is 0 Å². The lowest BCUT2D eigenvalue weighted by molar-refractivity contribution is 0.306. The van der Waals surface area contributed by atoms with Crippen molar-refractivity contribution in [2.24, 2.45) is 33.6 Å². The molecule has 0 radical (unpaired) electrons. The maximum absolute atomic E-state index is 6.79. The standard InChI is InChI=1S/C28H32N6/c1-5-9-20(14-32-34-16-24-18(3)25(24)17-34)33-28-19(6-2)10-7-12-22(28)27(30)21-11-8-13-26(29)23(21)15-31-4/h2,5,7-15,18,24-25,27,33H,1,16-17,29-30H2,3-4H3/b20-9+,31-15?,32-14-. The number of nitrogens with zero attached hydrogens (tertiary/aromatic N) is 3. The molecule has 0 aromatic heterocycles. The zero-order valence-corrected chi connectivity index (χ0v) is 19.8. The lowest BCUT2D eigenvalue weighted by atomic mass is 9.92. The fourth-order valence-electron chi connectivity index (χ4n) is 4.84. The van der Waals surface area contributed by atoms with Crippen LogP contribution in [-0.2, 0) is 0 Å². The quantitative estimate of drug-likeness (QED) is 0.244. The monoisotopic (exact) mass is 452 g/mol. The molecule has 0 spiro atoms. The number of rotatable bonds is 8. The fraction of sp³-hybridized carbons (Fsp3) is 0.286. The number of allylic oxidation sites excluding steroid dienone is 3. The van der Waals surface area contributed by atoms with Crippen LogP contribution in [0.5, 0.6) is 0 Å². The molecule has 1 heterocycles. The number of hydrogen-bond acceptors (Lipinski definition) is 6. The Morgan fingerprint density at radius 1 is 1.24 bits per heavy atom. The predicted octanol–water partition coefficient (Wildman–Crippen LogP) is 4.01. The Morgan fingerprint density at radius 3 is 2.62 bits per heavy atom. The highest BCUT2D eigenvalue weighted by molar-refractivity contribution is 5.90. The van der Waals surface area contributed by atoms with E-state index in [0.29, 0.717) is 11.3 Å². The third-order valence-electron chi connectivity index (χ3n) is 6.88. The van der Waals surface area contributed by atoms with E-state index in [1.165, 1.54) is 0 Å². The SMILES string of the molecule is C#Cc1cccc(C(N)c2cccc(N)c2C=NC)c1NC(/C=N\N1CC2C(C)C2C1)=C/C=C. The van der Waals surface area contributed by atoms with Crippen molar-refractivity contribution in [2.75, 3.05) is 31.2 Å². The van der Waals surface area contributed by atoms with Crippen LogP contribution >= 0.6 is 0 Å². The first-order chi connectivity index (χ1) is 16.5. The van der Waals surface area contributed by atoms with Crippen molar-refractivity contribution >= 4 is 23.8 Å². The van der Waals surface area contributed by atoms with Crippen LogP contribution < -0.4 is 16.8 Å². The van der Waals surface area contributed by atoms with Crippen molar-refractivity contribution in [3.8, 4) is 12.3 Å². The van der Waals surface area contributed by atoms with Crippen LogP contribution in [0.2, 0.25) is 0 Å². The molecule has 1 saturated heterocycles. The number of hydrogen-bond donors (Lipinski definition) is 3. The van der Waals surface area contributed by atoms with Crippen molar-refractivity contribution < 1.29 is 0 Å². The Morgan fingerprint density at radius 2 is 1.94 bits per heavy atom. The number of nitrogens with two attached hydrogens (primary N) is 2. The van der Waals surface area contributed by atoms with Crippen LogP contribution in [0.4, 0.5) is 11.4 Å². The van der Waals surface area contributed by atoms with Crippen molar-refractivity contribution in [3.05, 3.63) is 83.1 Å². The average Bonchev–Trinajstić information content (AvgIpc) is 3.23. The van der Waals surface area contributed by atoms with Crippen LogP contribution in [-0.4, -0.2) is 37.6 Å². The molecule has 6 nitrogen and oxygen atoms in total. The molecule has 3 unspecified atom stereocenters. The van der Waals surface area contributed by atoms with Gasteiger partial charge in [0.15, 0.2) is 0 Å². The zero-order valence-electron chi connectivity index (χ0n) is 19.8. The summed E-state index contributed by atoms with van der Waals surface area (Å²) in [5, 5.41) is 10.3. The second kappa shape index (κ2) is 9.98. The van der Waals surface area contributed by atoms with E-state index in [1.807, 2.05) is 48.7 Å². The van der Waals surface area contributed by atoms with Crippen LogP contribution in [0.1, 0.15) is 35.2 Å². The first-order valence-electron chi connectivity index (χ1n) is 11.5. The van der Waals surface area contributed by atoms with Gasteiger partial charge in [0.2, 0.25) is 0 Å². The summed E-state index contributed by atoms with van der Waals surface area (Å²) in [5.41, 5.74) is 18.4. The second-order valence-corrected chi connectivity index (χ2v) is 8.91. The Balaban J connectivity index is 1.66. The zero-order chi connectivity index (χ0) is 24.2. The Labute approximate surface area is 202 Å². The van der Waals surface area contributed by atoms with Crippen molar-refractivity contribution in [1.29, 1.82) is 0 Å². The summed E-state index contributed by atoms with van der Waals surface area (Å²) in [4.78, 5) is 4.16. The molecule has 34 heavy (non-hydrogen) atoms. The molecule has 1 aliphatic heterocycles. The molecule has 2 aromatic carbocycles. The highest BCUT2D eigenvalue weighted by Gasteiger charge is 2.52. The van der Waals surface area contributed by atoms with Crippen molar-refractivity contribution in [2.45, 2.75) is 13.0 Å². The number of aliphatic imine (C=N–C) groups is 1. The fourth-order valence-corrected chi connectivity index (χ4v) is 4.84. The molecule has 2 fully saturated rings. The van der Waals surface area contributed by atoms with Crippen molar-refractivity contribution in [3.63, 3.8) is 0 Å². The number of piperidine rings is 1. The van der Waals surface area contributed by atoms with E-state index in [4.69, 9.17) is 23.0 Å². The van der Waals surface area contributed by atoms with E-state index in [9.17, 15) is 0 Å². The smallest absolute Gasteiger partial charge is 0.0705 e. The molecule has 2 aliphatic rings. The minimum Gasteiger partial charge on any atom is -0.398 e. The lowest BCUT2D eigenvalue weighted by Gasteiger charge is -2.22. The summed E-state index contributed by atoms with van der Waals surface area (Å²) >= 11 is 0. The number of nitrogens with one attached hydrogen (secondary N) is 1. The van der Waals surface area contributed by atoms with Gasteiger partial charge in [-0.2, -0.15) is 5.10 Å². The number of terminal acetylenes is 1. The maximum atomic E-state index is 6.79. The third kappa shape index (κ3) is 4.61. The van der Waals surface area contributed by atoms with E-state index in [-0.39, 0.29) is 0 Å². The van der Waals surface area contributed by atoms with E-state index >= 15 is 0 Å². The summed E-state index contributed by atoms with van der Waals surface area (Å²) in [7, 11) is 1.71. The topological polar surface area (TPSA) is 92.0 Å². The number of anilines is 2. The highest BCUT2D eigenvalue weighted by atomic mass is 15.5. The van der Waals surface area contributed by atoms with Gasteiger partial charge in [-0.05, 0) is 47.1 Å². The molecule has 174 valence electrons. The van der Waals surface area contributed by atoms with E-state index in [1.54, 1.807) is 19.3 Å². The van der Waals surface area contributed by atoms with Gasteiger partial charge in [-0.25, -0.2) is 0 Å². The number of nitrogen functional groups attached to an aromatic ring is 1. The predicted molar refractivity (Wildman–Crippen MR) is 143 cm³/mol. The first-order valence-corrected chi connectivity index (χ1v) is 11.5. The number of hydrazone groups is 1. The van der Waals surface area contributed by atoms with E-state index < -0.39 is 6.04 Å². The molecule has 4 rings (SSSR count). The van der Waals surface area contributed by atoms with Crippen LogP contribution in [0.15, 0.2) is 70.9 Å². The van der Waals surface area contributed by atoms with Gasteiger partial charge in [-0.1, -0.05) is 49.8 Å². The summed E-state index contributed by atoms with van der Waals surface area (Å²) in [6, 6.07) is 11.0. The Bertz CT molecular complexity index is 1190. The minimum absolute atomic E-state index is 0.471. The van der Waals surface area contributed by atoms with Gasteiger partial charge in [0.25, 0.3) is 0 Å². The van der Waals surface area contributed by atoms with E-state index in [2.05, 4.69) is 34.7 Å². The lowest BCUT2D eigenvalue weighted by Crippen LogP contribution is -2.20. The molecular weight excluding hydrogens is 420 g/mol. The maximum Gasteiger partial charge on any atom is 0.0705 e. The van der Waals surface area contributed by atoms with Gasteiger partial charge in [0, 0.05) is 43.2 Å². The Hall–Kier alpha value is -3.82. The summed E-state index contributed by atoms with van der Waals surface area (Å²) in [5.74, 6) is 5.17. The molecule has 0 amide bonds. The largest absolute Gasteiger partial charge is 0.398 e. The van der Waals surface area contributed by atoms with Gasteiger partial charge >= 0.3 is 0 Å². The van der Waals surface area contributed by atoms with Crippen LogP contribution in [0, 0.1) is 30.1 Å². The number of benzene rings is 2. The van der Waals surface area contributed by atoms with Gasteiger partial charge < -0.3 is 16.8 Å². The third-order valence-corrected chi connectivity index (χ3v) is 6.88. The van der Waals surface area contributed by atoms with Crippen molar-refractivity contribution in [1.82, 2.24) is 5.01 Å². The van der Waals surface area contributed by atoms with Gasteiger partial charge in [0.1, 0.15) is 0 Å². The molecule has 3 atom stereocenters. The number of para-hydroxylation sites is 1. The van der Waals surface area contributed by atoms with Crippen LogP contribution in [0.25, 0.3) is 0 Å². The first kappa shape index (κ1) is 23.3. The summed E-state index contributed by atoms with van der Waals surface area (Å²) < 4.78 is 0. The summed E-state index contributed by atoms with van der Waals surface area (Å²) in [6.07, 6.45) is 13.0. The molecule has 0 bridgehead atoms. The molecule has 5 N–H and O–H groups in total. The Kier molecular flexibility index (Phi) is 6.85. The van der Waals surface area contributed by atoms with Gasteiger partial charge in [-0.3, -0.25) is 10.0 Å². The second-order valence-electron chi connectivity index (χ2n) is 8.91. The molecule has 6 heteroatoms. The highest BCUT2D eigenvalue weighted by Crippen LogP contribution is 2.51. The summed E-state index contributed by atoms with van der Waals surface area (Å²) in [6.45, 7) is 8.20. The molecule has 1 aliphatic carbocycles.